The Morgan fingerprint density at radius 3 is 2.52 bits per heavy atom. The highest BCUT2D eigenvalue weighted by molar-refractivity contribution is 9.11. The van der Waals surface area contributed by atoms with Gasteiger partial charge >= 0.3 is 0 Å². The van der Waals surface area contributed by atoms with Crippen LogP contribution in [0.2, 0.25) is 0 Å². The van der Waals surface area contributed by atoms with Crippen molar-refractivity contribution < 1.29 is 8.42 Å². The smallest absolute Gasteiger partial charge is 0.211 e. The third-order valence-electron chi connectivity index (χ3n) is 3.98. The summed E-state index contributed by atoms with van der Waals surface area (Å²) in [5.41, 5.74) is 0. The monoisotopic (exact) mass is 457 g/mol. The second-order valence-corrected chi connectivity index (χ2v) is 9.20. The predicted molar refractivity (Wildman–Crippen MR) is 93.2 cm³/mol. The Morgan fingerprint density at radius 1 is 1.19 bits per heavy atom. The number of halogens is 3. The molecule has 1 fully saturated rings. The topological polar surface area (TPSA) is 46.2 Å². The fourth-order valence-corrected chi connectivity index (χ4v) is 5.73. The van der Waals surface area contributed by atoms with E-state index in [1.807, 2.05) is 0 Å². The zero-order valence-corrected chi connectivity index (χ0v) is 16.2. The molecule has 2 rings (SSSR count). The zero-order valence-electron chi connectivity index (χ0n) is 11.5. The van der Waals surface area contributed by atoms with Crippen molar-refractivity contribution in [1.29, 1.82) is 0 Å². The van der Waals surface area contributed by atoms with Gasteiger partial charge < -0.3 is 0 Å². The molecule has 1 N–H and O–H groups in total. The number of alkyl halides is 1. The number of hydrogen-bond acceptors (Lipinski definition) is 2. The van der Waals surface area contributed by atoms with Crippen molar-refractivity contribution in [3.63, 3.8) is 0 Å². The highest BCUT2D eigenvalue weighted by Gasteiger charge is 2.26. The number of rotatable bonds is 5. The minimum atomic E-state index is -3.51. The van der Waals surface area contributed by atoms with Gasteiger partial charge in [-0.15, -0.1) is 11.6 Å². The number of nitrogens with one attached hydrogen (secondary N) is 1. The van der Waals surface area contributed by atoms with Crippen LogP contribution < -0.4 is 4.72 Å². The molecule has 3 nitrogen and oxygen atoms in total. The normalized spacial score (nSPS) is 23.2. The summed E-state index contributed by atoms with van der Waals surface area (Å²) in [6.07, 6.45) is 4.48. The Labute approximate surface area is 148 Å². The Hall–Kier alpha value is 0.380. The highest BCUT2D eigenvalue weighted by atomic mass is 79.9. The average Bonchev–Trinajstić information content (AvgIpc) is 2.48. The first-order chi connectivity index (χ1) is 9.94. The van der Waals surface area contributed by atoms with Crippen molar-refractivity contribution in [3.8, 4) is 0 Å². The first-order valence-electron chi connectivity index (χ1n) is 6.94. The lowest BCUT2D eigenvalue weighted by molar-refractivity contribution is 0.260. The molecule has 1 aromatic carbocycles. The molecule has 7 heteroatoms. The second-order valence-electron chi connectivity index (χ2n) is 5.39. The van der Waals surface area contributed by atoms with Crippen LogP contribution in [0.25, 0.3) is 0 Å². The molecule has 1 aromatic rings. The van der Waals surface area contributed by atoms with Crippen LogP contribution in [0.15, 0.2) is 32.0 Å². The van der Waals surface area contributed by atoms with Crippen LogP contribution in [-0.2, 0) is 10.0 Å². The van der Waals surface area contributed by atoms with E-state index in [9.17, 15) is 8.42 Å². The van der Waals surface area contributed by atoms with Gasteiger partial charge in [0.25, 0.3) is 0 Å². The lowest BCUT2D eigenvalue weighted by Crippen LogP contribution is -2.35. The summed E-state index contributed by atoms with van der Waals surface area (Å²) in [5.74, 6) is 1.35. The molecule has 0 amide bonds. The second kappa shape index (κ2) is 7.77. The molecule has 1 aliphatic carbocycles. The van der Waals surface area contributed by atoms with E-state index in [0.29, 0.717) is 28.7 Å². The third-order valence-corrected chi connectivity index (χ3v) is 7.29. The van der Waals surface area contributed by atoms with Crippen LogP contribution in [0.5, 0.6) is 0 Å². The van der Waals surface area contributed by atoms with Gasteiger partial charge in [-0.1, -0.05) is 28.8 Å². The zero-order chi connectivity index (χ0) is 15.5. The fourth-order valence-electron chi connectivity index (χ4n) is 2.73. The lowest BCUT2D eigenvalue weighted by atomic mass is 9.80. The summed E-state index contributed by atoms with van der Waals surface area (Å²) < 4.78 is 28.9. The molecule has 2 atom stereocenters. The average molecular weight is 460 g/mol. The summed E-state index contributed by atoms with van der Waals surface area (Å²) in [5, 5.41) is 0. The number of sulfonamides is 1. The van der Waals surface area contributed by atoms with E-state index >= 15 is 0 Å². The molecule has 2 unspecified atom stereocenters. The van der Waals surface area contributed by atoms with Crippen LogP contribution in [0.4, 0.5) is 0 Å². The Bertz CT molecular complexity index is 595. The quantitative estimate of drug-likeness (QED) is 0.658. The number of benzene rings is 1. The molecule has 1 aliphatic rings. The van der Waals surface area contributed by atoms with Gasteiger partial charge in [0.2, 0.25) is 10.0 Å². The summed E-state index contributed by atoms with van der Waals surface area (Å²) >= 11 is 12.6. The van der Waals surface area contributed by atoms with E-state index in [-0.39, 0.29) is 4.90 Å². The van der Waals surface area contributed by atoms with Crippen molar-refractivity contribution in [3.05, 3.63) is 27.1 Å². The molecule has 21 heavy (non-hydrogen) atoms. The van der Waals surface area contributed by atoms with Crippen molar-refractivity contribution in [2.75, 3.05) is 12.4 Å². The molecule has 1 saturated carbocycles. The maximum absolute atomic E-state index is 12.4. The molecule has 0 aliphatic heterocycles. The van der Waals surface area contributed by atoms with Gasteiger partial charge in [0.15, 0.2) is 0 Å². The standard InChI is InChI=1S/C14H18Br2ClNO2S/c15-12-5-6-13(16)14(7-12)21(19,20)18-9-11-4-2-1-3-10(11)8-17/h5-7,10-11,18H,1-4,8-9H2. The largest absolute Gasteiger partial charge is 0.241 e. The minimum Gasteiger partial charge on any atom is -0.211 e. The van der Waals surface area contributed by atoms with E-state index in [4.69, 9.17) is 11.6 Å². The van der Waals surface area contributed by atoms with E-state index in [2.05, 4.69) is 36.6 Å². The maximum atomic E-state index is 12.4. The van der Waals surface area contributed by atoms with E-state index in [1.54, 1.807) is 18.2 Å². The summed E-state index contributed by atoms with van der Waals surface area (Å²) in [4.78, 5) is 0.259. The molecular formula is C14H18Br2ClNO2S. The predicted octanol–water partition coefficient (Wildman–Crippen LogP) is 4.54. The van der Waals surface area contributed by atoms with E-state index in [1.165, 1.54) is 6.42 Å². The molecular weight excluding hydrogens is 441 g/mol. The van der Waals surface area contributed by atoms with Crippen molar-refractivity contribution in [1.82, 2.24) is 4.72 Å². The molecule has 118 valence electrons. The van der Waals surface area contributed by atoms with E-state index < -0.39 is 10.0 Å². The molecule has 0 saturated heterocycles. The van der Waals surface area contributed by atoms with Gasteiger partial charge in [0, 0.05) is 21.4 Å². The van der Waals surface area contributed by atoms with Gasteiger partial charge in [-0.05, 0) is 58.8 Å². The van der Waals surface area contributed by atoms with Crippen molar-refractivity contribution in [2.45, 2.75) is 30.6 Å². The lowest BCUT2D eigenvalue weighted by Gasteiger charge is -2.30. The molecule has 0 heterocycles. The van der Waals surface area contributed by atoms with Crippen LogP contribution in [0, 0.1) is 11.8 Å². The Kier molecular flexibility index (Phi) is 6.56. The van der Waals surface area contributed by atoms with Gasteiger partial charge in [-0.3, -0.25) is 0 Å². The molecule has 0 bridgehead atoms. The maximum Gasteiger partial charge on any atom is 0.241 e. The van der Waals surface area contributed by atoms with Gasteiger partial charge in [0.05, 0.1) is 4.90 Å². The highest BCUT2D eigenvalue weighted by Crippen LogP contribution is 2.31. The van der Waals surface area contributed by atoms with Gasteiger partial charge in [0.1, 0.15) is 0 Å². The Morgan fingerprint density at radius 2 is 1.86 bits per heavy atom. The van der Waals surface area contributed by atoms with Gasteiger partial charge in [-0.25, -0.2) is 13.1 Å². The first kappa shape index (κ1) is 17.7. The summed E-state index contributed by atoms with van der Waals surface area (Å²) in [7, 11) is -3.51. The van der Waals surface area contributed by atoms with Crippen molar-refractivity contribution in [2.24, 2.45) is 11.8 Å². The first-order valence-corrected chi connectivity index (χ1v) is 10.5. The van der Waals surface area contributed by atoms with E-state index in [0.717, 1.165) is 23.7 Å². The fraction of sp³-hybridized carbons (Fsp3) is 0.571. The van der Waals surface area contributed by atoms with Crippen LogP contribution in [0.3, 0.4) is 0 Å². The van der Waals surface area contributed by atoms with Crippen LogP contribution in [0.1, 0.15) is 25.7 Å². The Balaban J connectivity index is 2.09. The number of hydrogen-bond donors (Lipinski definition) is 1. The van der Waals surface area contributed by atoms with Crippen molar-refractivity contribution >= 4 is 53.5 Å². The molecule has 0 spiro atoms. The van der Waals surface area contributed by atoms with Gasteiger partial charge in [-0.2, -0.15) is 0 Å². The summed E-state index contributed by atoms with van der Waals surface area (Å²) in [6, 6.07) is 5.13. The molecule has 0 radical (unpaired) electrons. The SMILES string of the molecule is O=S(=O)(NCC1CCCCC1CCl)c1cc(Br)ccc1Br. The minimum absolute atomic E-state index is 0.259. The third kappa shape index (κ3) is 4.67. The van der Waals surface area contributed by atoms with Crippen LogP contribution >= 0.6 is 43.5 Å². The molecule has 0 aromatic heterocycles. The summed E-state index contributed by atoms with van der Waals surface area (Å²) in [6.45, 7) is 0.457. The van der Waals surface area contributed by atoms with Crippen LogP contribution in [-0.4, -0.2) is 20.8 Å².